The number of H-pyrrole nitrogens is 1. The molecule has 0 unspecified atom stereocenters. The van der Waals surface area contributed by atoms with Gasteiger partial charge in [-0.1, -0.05) is 24.3 Å². The smallest absolute Gasteiger partial charge is 0.270 e. The second-order valence-electron chi connectivity index (χ2n) is 7.65. The first-order valence-corrected chi connectivity index (χ1v) is 10.3. The molecule has 0 aliphatic carbocycles. The largest absolute Gasteiger partial charge is 0.351 e. The van der Waals surface area contributed by atoms with E-state index in [0.717, 1.165) is 17.0 Å². The van der Waals surface area contributed by atoms with Gasteiger partial charge >= 0.3 is 0 Å². The van der Waals surface area contributed by atoms with E-state index in [1.807, 2.05) is 35.2 Å². The summed E-state index contributed by atoms with van der Waals surface area (Å²) in [7, 11) is 0. The summed E-state index contributed by atoms with van der Waals surface area (Å²) in [6, 6.07) is 14.7. The molecule has 3 amide bonds. The lowest BCUT2D eigenvalue weighted by Crippen LogP contribution is -2.53. The summed E-state index contributed by atoms with van der Waals surface area (Å²) in [4.78, 5) is 54.1. The van der Waals surface area contributed by atoms with Gasteiger partial charge in [0.05, 0.1) is 11.5 Å². The number of hydrogen-bond acceptors (Lipinski definition) is 6. The van der Waals surface area contributed by atoms with Crippen LogP contribution in [0.1, 0.15) is 20.8 Å². The third kappa shape index (κ3) is 5.15. The molecule has 3 N–H and O–H groups in total. The summed E-state index contributed by atoms with van der Waals surface area (Å²) >= 11 is 0. The number of nitrogens with zero attached hydrogens (tertiary/aromatic N) is 3. The van der Waals surface area contributed by atoms with Crippen molar-refractivity contribution in [2.75, 3.05) is 32.7 Å². The van der Waals surface area contributed by atoms with Gasteiger partial charge in [0.2, 0.25) is 0 Å². The number of amides is 3. The number of rotatable bonds is 5. The van der Waals surface area contributed by atoms with Crippen LogP contribution in [0.15, 0.2) is 54.6 Å². The molecule has 0 spiro atoms. The number of piperazine rings is 1. The molecule has 3 aromatic rings. The van der Waals surface area contributed by atoms with Gasteiger partial charge in [-0.3, -0.25) is 40.2 Å². The summed E-state index contributed by atoms with van der Waals surface area (Å²) in [6.07, 6.45) is 0. The Labute approximate surface area is 188 Å². The molecule has 1 aliphatic heterocycles. The van der Waals surface area contributed by atoms with Gasteiger partial charge in [0.15, 0.2) is 0 Å². The second-order valence-corrected chi connectivity index (χ2v) is 7.65. The van der Waals surface area contributed by atoms with Crippen LogP contribution in [0.4, 0.5) is 5.69 Å². The predicted molar refractivity (Wildman–Crippen MR) is 119 cm³/mol. The predicted octanol–water partition coefficient (Wildman–Crippen LogP) is 1.30. The fourth-order valence-corrected chi connectivity index (χ4v) is 3.67. The van der Waals surface area contributed by atoms with Gasteiger partial charge in [0.25, 0.3) is 23.4 Å². The summed E-state index contributed by atoms with van der Waals surface area (Å²) in [5, 5.41) is 11.8. The zero-order valence-corrected chi connectivity index (χ0v) is 17.6. The summed E-state index contributed by atoms with van der Waals surface area (Å²) in [6.45, 7) is 2.02. The Kier molecular flexibility index (Phi) is 6.31. The maximum atomic E-state index is 12.8. The van der Waals surface area contributed by atoms with Crippen molar-refractivity contribution in [2.45, 2.75) is 0 Å². The van der Waals surface area contributed by atoms with Crippen LogP contribution in [-0.2, 0) is 4.79 Å². The van der Waals surface area contributed by atoms with E-state index in [9.17, 15) is 24.5 Å². The number of aromatic nitrogens is 1. The summed E-state index contributed by atoms with van der Waals surface area (Å²) < 4.78 is 0. The molecule has 0 saturated carbocycles. The van der Waals surface area contributed by atoms with Crippen molar-refractivity contribution < 1.29 is 19.3 Å². The van der Waals surface area contributed by atoms with Gasteiger partial charge in [-0.05, 0) is 18.2 Å². The average molecular weight is 450 g/mol. The van der Waals surface area contributed by atoms with Crippen LogP contribution < -0.4 is 10.9 Å². The molecular formula is C22H22N6O5. The first kappa shape index (κ1) is 22.0. The van der Waals surface area contributed by atoms with Crippen LogP contribution in [0.2, 0.25) is 0 Å². The minimum Gasteiger partial charge on any atom is -0.351 e. The van der Waals surface area contributed by atoms with Crippen LogP contribution in [0, 0.1) is 10.1 Å². The number of para-hydroxylation sites is 1. The van der Waals surface area contributed by atoms with Gasteiger partial charge in [0, 0.05) is 54.8 Å². The molecule has 0 bridgehead atoms. The highest BCUT2D eigenvalue weighted by Gasteiger charge is 2.24. The van der Waals surface area contributed by atoms with Crippen molar-refractivity contribution in [2.24, 2.45) is 0 Å². The van der Waals surface area contributed by atoms with Crippen molar-refractivity contribution in [3.63, 3.8) is 0 Å². The molecule has 0 atom stereocenters. The molecule has 1 saturated heterocycles. The van der Waals surface area contributed by atoms with Crippen molar-refractivity contribution >= 4 is 34.3 Å². The topological polar surface area (TPSA) is 141 Å². The number of nitro benzene ring substituents is 1. The lowest BCUT2D eigenvalue weighted by Gasteiger charge is -2.34. The van der Waals surface area contributed by atoms with Gasteiger partial charge in [-0.15, -0.1) is 0 Å². The normalized spacial score (nSPS) is 14.1. The van der Waals surface area contributed by atoms with E-state index in [2.05, 4.69) is 15.8 Å². The number of nitrogens with one attached hydrogen (secondary N) is 3. The zero-order chi connectivity index (χ0) is 23.4. The van der Waals surface area contributed by atoms with Gasteiger partial charge in [-0.25, -0.2) is 0 Å². The van der Waals surface area contributed by atoms with Crippen LogP contribution >= 0.6 is 0 Å². The number of benzene rings is 2. The van der Waals surface area contributed by atoms with Crippen molar-refractivity contribution in [1.82, 2.24) is 25.6 Å². The molecule has 2 aromatic carbocycles. The van der Waals surface area contributed by atoms with E-state index in [0.29, 0.717) is 31.9 Å². The first-order chi connectivity index (χ1) is 15.9. The quantitative estimate of drug-likeness (QED) is 0.395. The number of non-ortho nitro benzene ring substituents is 1. The molecule has 1 aliphatic rings. The second kappa shape index (κ2) is 9.49. The van der Waals surface area contributed by atoms with Crippen LogP contribution in [0.25, 0.3) is 10.9 Å². The number of aromatic amines is 1. The maximum absolute atomic E-state index is 12.8. The van der Waals surface area contributed by atoms with Crippen molar-refractivity contribution in [3.05, 3.63) is 76.0 Å². The molecule has 11 heteroatoms. The third-order valence-electron chi connectivity index (χ3n) is 5.42. The lowest BCUT2D eigenvalue weighted by atomic mass is 10.2. The molecule has 11 nitrogen and oxygen atoms in total. The molecule has 4 rings (SSSR count). The number of nitro groups is 1. The Bertz CT molecular complexity index is 1180. The zero-order valence-electron chi connectivity index (χ0n) is 17.6. The fraction of sp³-hybridized carbons (Fsp3) is 0.227. The number of carbonyl (C=O) groups excluding carboxylic acids is 3. The Hall–Kier alpha value is -4.25. The van der Waals surface area contributed by atoms with Gasteiger partial charge in [0.1, 0.15) is 5.69 Å². The van der Waals surface area contributed by atoms with E-state index >= 15 is 0 Å². The fourth-order valence-electron chi connectivity index (χ4n) is 3.67. The molecule has 170 valence electrons. The monoisotopic (exact) mass is 450 g/mol. The highest BCUT2D eigenvalue weighted by Crippen LogP contribution is 2.17. The highest BCUT2D eigenvalue weighted by atomic mass is 16.6. The minimum atomic E-state index is -0.652. The Morgan fingerprint density at radius 3 is 2.45 bits per heavy atom. The van der Waals surface area contributed by atoms with Crippen molar-refractivity contribution in [3.8, 4) is 0 Å². The Morgan fingerprint density at radius 2 is 1.73 bits per heavy atom. The molecular weight excluding hydrogens is 428 g/mol. The molecule has 0 radical (unpaired) electrons. The maximum Gasteiger partial charge on any atom is 0.270 e. The van der Waals surface area contributed by atoms with E-state index in [4.69, 9.17) is 0 Å². The number of hydrazine groups is 1. The van der Waals surface area contributed by atoms with Gasteiger partial charge in [-0.2, -0.15) is 0 Å². The van der Waals surface area contributed by atoms with E-state index < -0.39 is 16.7 Å². The number of carbonyl (C=O) groups is 3. The molecule has 2 heterocycles. The SMILES string of the molecule is O=C(CN1CCN(C(=O)c2cc3ccccc3[nH]2)CC1)NNC(=O)c1cccc([N+](=O)[O-])c1. The number of fused-ring (bicyclic) bond motifs is 1. The molecule has 33 heavy (non-hydrogen) atoms. The van der Waals surface area contributed by atoms with Crippen LogP contribution in [-0.4, -0.2) is 70.2 Å². The van der Waals surface area contributed by atoms with E-state index in [1.165, 1.54) is 18.2 Å². The average Bonchev–Trinajstić information content (AvgIpc) is 3.27. The summed E-state index contributed by atoms with van der Waals surface area (Å²) in [5.74, 6) is -1.16. The lowest BCUT2D eigenvalue weighted by molar-refractivity contribution is -0.384. The standard InChI is InChI=1S/C22H22N6O5/c29-20(24-25-21(30)16-5-3-6-17(12-16)28(32)33)14-26-8-10-27(11-9-26)22(31)19-13-15-4-1-2-7-18(15)23-19/h1-7,12-13,23H,8-11,14H2,(H,24,29)(H,25,30). The first-order valence-electron chi connectivity index (χ1n) is 10.3. The minimum absolute atomic E-state index is 0.0453. The van der Waals surface area contributed by atoms with Crippen LogP contribution in [0.3, 0.4) is 0 Å². The Balaban J connectivity index is 1.23. The summed E-state index contributed by atoms with van der Waals surface area (Å²) in [5.41, 5.74) is 5.86. The Morgan fingerprint density at radius 1 is 0.970 bits per heavy atom. The molecule has 1 fully saturated rings. The highest BCUT2D eigenvalue weighted by molar-refractivity contribution is 5.98. The van der Waals surface area contributed by atoms with E-state index in [1.54, 1.807) is 4.90 Å². The van der Waals surface area contributed by atoms with Crippen molar-refractivity contribution in [1.29, 1.82) is 0 Å². The van der Waals surface area contributed by atoms with Gasteiger partial charge < -0.3 is 9.88 Å². The molecule has 1 aromatic heterocycles. The number of hydrogen-bond donors (Lipinski definition) is 3. The van der Waals surface area contributed by atoms with Crippen LogP contribution in [0.5, 0.6) is 0 Å². The third-order valence-corrected chi connectivity index (χ3v) is 5.42. The van der Waals surface area contributed by atoms with E-state index in [-0.39, 0.29) is 23.7 Å².